The molecule has 1 amide bonds. The SMILES string of the molecule is O=C(CCC(F)(F)F)Nc1nnc(C2CCCC(c3nnc(NC(O)CCC(F)(F)F)s3)C2)s1. The molecule has 1 saturated carbocycles. The van der Waals surface area contributed by atoms with E-state index in [1.54, 1.807) is 0 Å². The predicted molar refractivity (Wildman–Crippen MR) is 113 cm³/mol. The minimum Gasteiger partial charge on any atom is -0.374 e. The number of aromatic nitrogens is 4. The lowest BCUT2D eigenvalue weighted by Crippen LogP contribution is -2.21. The molecule has 34 heavy (non-hydrogen) atoms. The summed E-state index contributed by atoms with van der Waals surface area (Å²) in [5.41, 5.74) is 0. The van der Waals surface area contributed by atoms with Gasteiger partial charge in [0.25, 0.3) is 0 Å². The summed E-state index contributed by atoms with van der Waals surface area (Å²) in [5, 5.41) is 32.3. The number of halogens is 6. The number of carbonyl (C=O) groups is 1. The zero-order valence-corrected chi connectivity index (χ0v) is 19.3. The molecule has 190 valence electrons. The first-order valence-electron chi connectivity index (χ1n) is 10.4. The van der Waals surface area contributed by atoms with E-state index in [1.807, 2.05) is 0 Å². The van der Waals surface area contributed by atoms with E-state index in [9.17, 15) is 36.2 Å². The maximum atomic E-state index is 12.3. The fourth-order valence-corrected chi connectivity index (χ4v) is 5.34. The van der Waals surface area contributed by atoms with Crippen molar-refractivity contribution in [3.05, 3.63) is 10.0 Å². The number of rotatable bonds is 9. The van der Waals surface area contributed by atoms with Gasteiger partial charge in [-0.15, -0.1) is 20.4 Å². The smallest absolute Gasteiger partial charge is 0.374 e. The summed E-state index contributed by atoms with van der Waals surface area (Å²) >= 11 is 2.28. The van der Waals surface area contributed by atoms with Gasteiger partial charge in [-0.2, -0.15) is 26.3 Å². The van der Waals surface area contributed by atoms with E-state index in [4.69, 9.17) is 0 Å². The molecule has 2 heterocycles. The number of hydrogen-bond acceptors (Lipinski definition) is 9. The number of aliphatic hydroxyl groups is 1. The van der Waals surface area contributed by atoms with Gasteiger partial charge in [0, 0.05) is 31.1 Å². The maximum Gasteiger partial charge on any atom is 0.389 e. The number of amides is 1. The molecule has 2 aromatic rings. The van der Waals surface area contributed by atoms with Crippen molar-refractivity contribution in [3.63, 3.8) is 0 Å². The molecule has 0 radical (unpaired) electrons. The van der Waals surface area contributed by atoms with Gasteiger partial charge >= 0.3 is 12.4 Å². The van der Waals surface area contributed by atoms with Crippen molar-refractivity contribution in [2.45, 2.75) is 81.8 Å². The first kappa shape index (κ1) is 26.5. The molecule has 3 rings (SSSR count). The molecule has 1 aliphatic carbocycles. The van der Waals surface area contributed by atoms with Crippen molar-refractivity contribution in [1.82, 2.24) is 20.4 Å². The summed E-state index contributed by atoms with van der Waals surface area (Å²) < 4.78 is 73.6. The highest BCUT2D eigenvalue weighted by atomic mass is 32.1. The zero-order valence-electron chi connectivity index (χ0n) is 17.6. The normalized spacial score (nSPS) is 20.2. The van der Waals surface area contributed by atoms with Crippen LogP contribution in [0, 0.1) is 0 Å². The van der Waals surface area contributed by atoms with E-state index in [0.717, 1.165) is 41.9 Å². The van der Waals surface area contributed by atoms with Crippen LogP contribution in [0.3, 0.4) is 0 Å². The van der Waals surface area contributed by atoms with Gasteiger partial charge in [-0.3, -0.25) is 4.79 Å². The summed E-state index contributed by atoms with van der Waals surface area (Å²) in [4.78, 5) is 11.7. The number of carbonyl (C=O) groups excluding carboxylic acids is 1. The molecule has 3 atom stereocenters. The van der Waals surface area contributed by atoms with Crippen molar-refractivity contribution < 1.29 is 36.2 Å². The van der Waals surface area contributed by atoms with Gasteiger partial charge in [0.2, 0.25) is 16.2 Å². The van der Waals surface area contributed by atoms with Gasteiger partial charge in [-0.1, -0.05) is 29.1 Å². The second-order valence-corrected chi connectivity index (χ2v) is 9.95. The van der Waals surface area contributed by atoms with Gasteiger partial charge in [0.15, 0.2) is 0 Å². The fourth-order valence-electron chi connectivity index (χ4n) is 3.50. The third-order valence-electron chi connectivity index (χ3n) is 5.13. The minimum atomic E-state index is -4.41. The number of anilines is 2. The first-order chi connectivity index (χ1) is 15.9. The number of hydrogen-bond donors (Lipinski definition) is 3. The Morgan fingerprint density at radius 1 is 0.941 bits per heavy atom. The van der Waals surface area contributed by atoms with Gasteiger partial charge in [0.05, 0.1) is 6.42 Å². The molecule has 3 unspecified atom stereocenters. The molecule has 2 aromatic heterocycles. The lowest BCUT2D eigenvalue weighted by Gasteiger charge is -2.25. The van der Waals surface area contributed by atoms with E-state index < -0.39 is 50.2 Å². The van der Waals surface area contributed by atoms with Crippen LogP contribution in [0.15, 0.2) is 0 Å². The number of nitrogens with one attached hydrogen (secondary N) is 2. The van der Waals surface area contributed by atoms with E-state index in [2.05, 4.69) is 31.0 Å². The molecule has 0 saturated heterocycles. The Morgan fingerprint density at radius 3 is 2.09 bits per heavy atom. The minimum absolute atomic E-state index is 0.00904. The van der Waals surface area contributed by atoms with Gasteiger partial charge in [0.1, 0.15) is 16.2 Å². The molecule has 8 nitrogen and oxygen atoms in total. The molecule has 16 heteroatoms. The largest absolute Gasteiger partial charge is 0.389 e. The van der Waals surface area contributed by atoms with Gasteiger partial charge in [-0.05, 0) is 19.3 Å². The Kier molecular flexibility index (Phi) is 8.67. The number of alkyl halides is 6. The van der Waals surface area contributed by atoms with Crippen LogP contribution in [-0.4, -0.2) is 50.0 Å². The maximum absolute atomic E-state index is 12.3. The topological polar surface area (TPSA) is 113 Å². The summed E-state index contributed by atoms with van der Waals surface area (Å²) in [6.45, 7) is 0. The number of aliphatic hydroxyl groups excluding tert-OH is 1. The average Bonchev–Trinajstić information content (AvgIpc) is 3.40. The van der Waals surface area contributed by atoms with Crippen molar-refractivity contribution in [1.29, 1.82) is 0 Å². The average molecular weight is 533 g/mol. The molecule has 0 aromatic carbocycles. The highest BCUT2D eigenvalue weighted by molar-refractivity contribution is 7.15. The molecule has 0 spiro atoms. The van der Waals surface area contributed by atoms with Crippen LogP contribution in [0.4, 0.5) is 36.6 Å². The molecule has 0 bridgehead atoms. The molecule has 3 N–H and O–H groups in total. The van der Waals surface area contributed by atoms with Crippen LogP contribution >= 0.6 is 22.7 Å². The molecule has 0 aliphatic heterocycles. The van der Waals surface area contributed by atoms with Crippen LogP contribution in [0.25, 0.3) is 0 Å². The van der Waals surface area contributed by atoms with E-state index in [1.165, 1.54) is 0 Å². The second-order valence-electron chi connectivity index (χ2n) is 7.93. The molecule has 1 aliphatic rings. The van der Waals surface area contributed by atoms with Gasteiger partial charge < -0.3 is 15.7 Å². The van der Waals surface area contributed by atoms with Crippen LogP contribution < -0.4 is 10.6 Å². The van der Waals surface area contributed by atoms with Crippen LogP contribution in [0.5, 0.6) is 0 Å². The van der Waals surface area contributed by atoms with Crippen LogP contribution in [-0.2, 0) is 4.79 Å². The highest BCUT2D eigenvalue weighted by Gasteiger charge is 2.31. The Balaban J connectivity index is 1.52. The van der Waals surface area contributed by atoms with Crippen molar-refractivity contribution in [2.24, 2.45) is 0 Å². The highest BCUT2D eigenvalue weighted by Crippen LogP contribution is 2.43. The Labute approximate surface area is 198 Å². The Bertz CT molecular complexity index is 950. The Hall–Kier alpha value is -2.07. The predicted octanol–water partition coefficient (Wildman–Crippen LogP) is 5.18. The van der Waals surface area contributed by atoms with E-state index >= 15 is 0 Å². The Morgan fingerprint density at radius 2 is 1.50 bits per heavy atom. The summed E-state index contributed by atoms with van der Waals surface area (Å²) in [7, 11) is 0. The van der Waals surface area contributed by atoms with Crippen LogP contribution in [0.2, 0.25) is 0 Å². The monoisotopic (exact) mass is 532 g/mol. The molecular weight excluding hydrogens is 510 g/mol. The van der Waals surface area contributed by atoms with Crippen molar-refractivity contribution >= 4 is 38.8 Å². The molecule has 1 fully saturated rings. The zero-order chi connectivity index (χ0) is 24.9. The third kappa shape index (κ3) is 8.61. The first-order valence-corrected chi connectivity index (χ1v) is 12.1. The summed E-state index contributed by atoms with van der Waals surface area (Å²) in [5.74, 6) is -0.754. The summed E-state index contributed by atoms with van der Waals surface area (Å²) in [6, 6.07) is 0. The van der Waals surface area contributed by atoms with Crippen molar-refractivity contribution in [2.75, 3.05) is 10.6 Å². The standard InChI is InChI=1S/C18H22F6N6O2S2/c19-17(20,21)6-4-11(31)25-15-29-27-13(33-15)9-2-1-3-10(8-9)14-28-30-16(34-14)26-12(32)5-7-18(22,23)24/h9-11,31H,1-8H2,(H,25,29)(H,26,30,32). The third-order valence-corrected chi connectivity index (χ3v) is 7.15. The quantitative estimate of drug-likeness (QED) is 0.301. The van der Waals surface area contributed by atoms with E-state index in [-0.39, 0.29) is 22.1 Å². The van der Waals surface area contributed by atoms with Crippen LogP contribution in [0.1, 0.15) is 73.2 Å². The second kappa shape index (κ2) is 11.1. The lowest BCUT2D eigenvalue weighted by molar-refractivity contribution is -0.142. The molecular formula is C18H22F6N6O2S2. The lowest BCUT2D eigenvalue weighted by atomic mass is 9.82. The number of nitrogens with zero attached hydrogens (tertiary/aromatic N) is 4. The van der Waals surface area contributed by atoms with E-state index in [0.29, 0.717) is 16.4 Å². The van der Waals surface area contributed by atoms with Gasteiger partial charge in [-0.25, -0.2) is 0 Å². The van der Waals surface area contributed by atoms with Crippen molar-refractivity contribution in [3.8, 4) is 0 Å². The fraction of sp³-hybridized carbons (Fsp3) is 0.722. The summed E-state index contributed by atoms with van der Waals surface area (Å²) in [6.07, 6.45) is -10.6.